The second kappa shape index (κ2) is 3.97. The predicted molar refractivity (Wildman–Crippen MR) is 57.7 cm³/mol. The highest BCUT2D eigenvalue weighted by atomic mass is 15.2. The Balaban J connectivity index is 2.52. The zero-order valence-electron chi connectivity index (χ0n) is 9.51. The van der Waals surface area contributed by atoms with Gasteiger partial charge in [0.2, 0.25) is 0 Å². The van der Waals surface area contributed by atoms with Crippen molar-refractivity contribution in [1.29, 1.82) is 0 Å². The fourth-order valence-corrected chi connectivity index (χ4v) is 2.05. The Hall–Kier alpha value is -0.0800. The van der Waals surface area contributed by atoms with Crippen LogP contribution in [0.2, 0.25) is 0 Å². The molecule has 1 aliphatic heterocycles. The summed E-state index contributed by atoms with van der Waals surface area (Å²) in [6, 6.07) is 0.352. The Morgan fingerprint density at radius 3 is 2.46 bits per heavy atom. The first kappa shape index (κ1) is 11.0. The molecule has 2 nitrogen and oxygen atoms in total. The van der Waals surface area contributed by atoms with E-state index in [4.69, 9.17) is 5.73 Å². The van der Waals surface area contributed by atoms with Crippen LogP contribution in [0.3, 0.4) is 0 Å². The first-order valence-electron chi connectivity index (χ1n) is 5.42. The van der Waals surface area contributed by atoms with Crippen LogP contribution in [0.4, 0.5) is 0 Å². The van der Waals surface area contributed by atoms with E-state index >= 15 is 0 Å². The number of piperidine rings is 1. The monoisotopic (exact) mass is 184 g/mol. The standard InChI is InChI=1S/C11H24N2/c1-9(12)10-6-5-7-13(8-10)11(2,3)4/h9-10H,5-8,12H2,1-4H3. The van der Waals surface area contributed by atoms with Gasteiger partial charge in [-0.05, 0) is 53.0 Å². The molecule has 0 radical (unpaired) electrons. The molecular formula is C11H24N2. The van der Waals surface area contributed by atoms with E-state index in [9.17, 15) is 0 Å². The van der Waals surface area contributed by atoms with Crippen molar-refractivity contribution in [2.45, 2.75) is 52.1 Å². The van der Waals surface area contributed by atoms with E-state index < -0.39 is 0 Å². The molecule has 0 aromatic rings. The lowest BCUT2D eigenvalue weighted by Crippen LogP contribution is -2.50. The average molecular weight is 184 g/mol. The van der Waals surface area contributed by atoms with Crippen LogP contribution in [0.25, 0.3) is 0 Å². The Morgan fingerprint density at radius 1 is 1.38 bits per heavy atom. The van der Waals surface area contributed by atoms with Gasteiger partial charge in [0.25, 0.3) is 0 Å². The fourth-order valence-electron chi connectivity index (χ4n) is 2.05. The molecule has 0 amide bonds. The lowest BCUT2D eigenvalue weighted by atomic mass is 9.89. The third-order valence-electron chi connectivity index (χ3n) is 3.15. The minimum atomic E-state index is 0.313. The molecule has 1 fully saturated rings. The molecule has 0 aliphatic carbocycles. The number of nitrogens with two attached hydrogens (primary N) is 1. The number of hydrogen-bond donors (Lipinski definition) is 1. The van der Waals surface area contributed by atoms with Crippen molar-refractivity contribution in [1.82, 2.24) is 4.90 Å². The van der Waals surface area contributed by atoms with Crippen LogP contribution in [-0.4, -0.2) is 29.6 Å². The minimum absolute atomic E-state index is 0.313. The summed E-state index contributed by atoms with van der Waals surface area (Å²) in [4.78, 5) is 2.56. The van der Waals surface area contributed by atoms with Crippen LogP contribution >= 0.6 is 0 Å². The molecule has 0 aromatic heterocycles. The molecule has 0 aromatic carbocycles. The van der Waals surface area contributed by atoms with Crippen molar-refractivity contribution in [2.75, 3.05) is 13.1 Å². The molecule has 1 saturated heterocycles. The van der Waals surface area contributed by atoms with E-state index in [2.05, 4.69) is 32.6 Å². The van der Waals surface area contributed by atoms with E-state index in [0.29, 0.717) is 17.5 Å². The van der Waals surface area contributed by atoms with Crippen LogP contribution < -0.4 is 5.73 Å². The van der Waals surface area contributed by atoms with Crippen molar-refractivity contribution < 1.29 is 0 Å². The maximum atomic E-state index is 5.95. The summed E-state index contributed by atoms with van der Waals surface area (Å²) < 4.78 is 0. The number of likely N-dealkylation sites (tertiary alicyclic amines) is 1. The van der Waals surface area contributed by atoms with Gasteiger partial charge in [-0.1, -0.05) is 0 Å². The highest BCUT2D eigenvalue weighted by Gasteiger charge is 2.28. The number of hydrogen-bond acceptors (Lipinski definition) is 2. The molecule has 0 saturated carbocycles. The molecule has 1 rings (SSSR count). The first-order chi connectivity index (χ1) is 5.91. The average Bonchev–Trinajstić information content (AvgIpc) is 2.03. The van der Waals surface area contributed by atoms with E-state index in [-0.39, 0.29) is 0 Å². The van der Waals surface area contributed by atoms with Gasteiger partial charge in [0.05, 0.1) is 0 Å². The normalized spacial score (nSPS) is 28.8. The van der Waals surface area contributed by atoms with Crippen LogP contribution in [0.5, 0.6) is 0 Å². The quantitative estimate of drug-likeness (QED) is 0.674. The van der Waals surface area contributed by atoms with E-state index in [0.717, 1.165) is 0 Å². The largest absolute Gasteiger partial charge is 0.328 e. The summed E-state index contributed by atoms with van der Waals surface area (Å²) in [5.41, 5.74) is 6.26. The van der Waals surface area contributed by atoms with Crippen LogP contribution in [0.1, 0.15) is 40.5 Å². The van der Waals surface area contributed by atoms with E-state index in [1.54, 1.807) is 0 Å². The topological polar surface area (TPSA) is 29.3 Å². The predicted octanol–water partition coefficient (Wildman–Crippen LogP) is 1.84. The van der Waals surface area contributed by atoms with E-state index in [1.807, 2.05) is 0 Å². The third-order valence-corrected chi connectivity index (χ3v) is 3.15. The highest BCUT2D eigenvalue weighted by molar-refractivity contribution is 4.85. The summed E-state index contributed by atoms with van der Waals surface area (Å²) in [7, 11) is 0. The molecule has 13 heavy (non-hydrogen) atoms. The maximum absolute atomic E-state index is 5.95. The molecule has 2 atom stereocenters. The van der Waals surface area contributed by atoms with Crippen molar-refractivity contribution in [2.24, 2.45) is 11.7 Å². The number of rotatable bonds is 1. The third kappa shape index (κ3) is 2.96. The van der Waals surface area contributed by atoms with Crippen LogP contribution in [0.15, 0.2) is 0 Å². The van der Waals surface area contributed by atoms with Crippen molar-refractivity contribution in [3.63, 3.8) is 0 Å². The Bertz CT molecular complexity index is 158. The van der Waals surface area contributed by atoms with Gasteiger partial charge in [-0.2, -0.15) is 0 Å². The van der Waals surface area contributed by atoms with Gasteiger partial charge in [-0.3, -0.25) is 4.90 Å². The van der Waals surface area contributed by atoms with Gasteiger partial charge >= 0.3 is 0 Å². The molecule has 2 heteroatoms. The van der Waals surface area contributed by atoms with Crippen molar-refractivity contribution in [3.8, 4) is 0 Å². The summed E-state index contributed by atoms with van der Waals surface area (Å²) in [6.45, 7) is 11.4. The van der Waals surface area contributed by atoms with Crippen molar-refractivity contribution in [3.05, 3.63) is 0 Å². The lowest BCUT2D eigenvalue weighted by Gasteiger charge is -2.42. The Morgan fingerprint density at radius 2 is 2.00 bits per heavy atom. The highest BCUT2D eigenvalue weighted by Crippen LogP contribution is 2.24. The second-order valence-corrected chi connectivity index (χ2v) is 5.38. The molecule has 0 bridgehead atoms. The Kier molecular flexibility index (Phi) is 3.36. The summed E-state index contributed by atoms with van der Waals surface area (Å²) >= 11 is 0. The number of nitrogens with zero attached hydrogens (tertiary/aromatic N) is 1. The SMILES string of the molecule is CC(N)C1CCCN(C(C)(C)C)C1. The zero-order valence-corrected chi connectivity index (χ0v) is 9.51. The van der Waals surface area contributed by atoms with Crippen LogP contribution in [-0.2, 0) is 0 Å². The minimum Gasteiger partial charge on any atom is -0.328 e. The zero-order chi connectivity index (χ0) is 10.1. The lowest BCUT2D eigenvalue weighted by molar-refractivity contribution is 0.0725. The van der Waals surface area contributed by atoms with Gasteiger partial charge in [0.1, 0.15) is 0 Å². The molecule has 78 valence electrons. The van der Waals surface area contributed by atoms with Crippen molar-refractivity contribution >= 4 is 0 Å². The van der Waals surface area contributed by atoms with Crippen LogP contribution in [0, 0.1) is 5.92 Å². The summed E-state index contributed by atoms with van der Waals surface area (Å²) in [5, 5.41) is 0. The van der Waals surface area contributed by atoms with E-state index in [1.165, 1.54) is 25.9 Å². The van der Waals surface area contributed by atoms with Gasteiger partial charge in [-0.15, -0.1) is 0 Å². The molecule has 2 N–H and O–H groups in total. The molecule has 1 heterocycles. The van der Waals surface area contributed by atoms with Gasteiger partial charge in [0.15, 0.2) is 0 Å². The van der Waals surface area contributed by atoms with Gasteiger partial charge in [0, 0.05) is 18.1 Å². The summed E-state index contributed by atoms with van der Waals surface area (Å²) in [6.07, 6.45) is 2.62. The van der Waals surface area contributed by atoms with Gasteiger partial charge < -0.3 is 5.73 Å². The summed E-state index contributed by atoms with van der Waals surface area (Å²) in [5.74, 6) is 0.702. The molecule has 0 spiro atoms. The fraction of sp³-hybridized carbons (Fsp3) is 1.00. The molecule has 2 unspecified atom stereocenters. The molecular weight excluding hydrogens is 160 g/mol. The second-order valence-electron chi connectivity index (χ2n) is 5.38. The Labute approximate surface area is 82.5 Å². The van der Waals surface area contributed by atoms with Gasteiger partial charge in [-0.25, -0.2) is 0 Å². The first-order valence-corrected chi connectivity index (χ1v) is 5.42. The molecule has 1 aliphatic rings. The maximum Gasteiger partial charge on any atom is 0.0125 e. The smallest absolute Gasteiger partial charge is 0.0125 e.